The van der Waals surface area contributed by atoms with E-state index in [-0.39, 0.29) is 11.3 Å². The molecule has 0 aliphatic carbocycles. The zero-order valence-electron chi connectivity index (χ0n) is 12.7. The van der Waals surface area contributed by atoms with E-state index in [9.17, 15) is 4.79 Å². The highest BCUT2D eigenvalue weighted by atomic mass is 16.1. The van der Waals surface area contributed by atoms with Crippen LogP contribution in [0.25, 0.3) is 0 Å². The van der Waals surface area contributed by atoms with Crippen molar-refractivity contribution >= 4 is 11.6 Å². The smallest absolute Gasteiger partial charge is 0.269 e. The van der Waals surface area contributed by atoms with Crippen LogP contribution in [-0.4, -0.2) is 24.5 Å². The summed E-state index contributed by atoms with van der Waals surface area (Å²) in [5.74, 6) is -0.180. The summed E-state index contributed by atoms with van der Waals surface area (Å²) < 4.78 is 0. The standard InChI is InChI=1S/C17H21N3O/c1-17(2,13-7-5-4-6-8-13)12-20-14-9-10-19-15(11-14)16(21)18-3/h4-11H,12H2,1-3H3,(H,18,21)(H,19,20). The molecule has 0 radical (unpaired) electrons. The first-order chi connectivity index (χ1) is 10.0. The minimum atomic E-state index is -0.180. The van der Waals surface area contributed by atoms with Crippen LogP contribution in [0.3, 0.4) is 0 Å². The molecule has 1 aromatic carbocycles. The zero-order valence-corrected chi connectivity index (χ0v) is 12.7. The number of aromatic nitrogens is 1. The fourth-order valence-corrected chi connectivity index (χ4v) is 2.11. The Balaban J connectivity index is 2.08. The molecule has 0 saturated carbocycles. The molecule has 2 rings (SSSR count). The third kappa shape index (κ3) is 3.81. The van der Waals surface area contributed by atoms with E-state index in [4.69, 9.17) is 0 Å². The van der Waals surface area contributed by atoms with Crippen molar-refractivity contribution in [3.63, 3.8) is 0 Å². The minimum absolute atomic E-state index is 0.00227. The number of pyridine rings is 1. The Labute approximate surface area is 125 Å². The van der Waals surface area contributed by atoms with Gasteiger partial charge in [0.15, 0.2) is 0 Å². The largest absolute Gasteiger partial charge is 0.384 e. The second kappa shape index (κ2) is 6.39. The van der Waals surface area contributed by atoms with Gasteiger partial charge in [-0.05, 0) is 17.7 Å². The fourth-order valence-electron chi connectivity index (χ4n) is 2.11. The SMILES string of the molecule is CNC(=O)c1cc(NCC(C)(C)c2ccccc2)ccn1. The summed E-state index contributed by atoms with van der Waals surface area (Å²) in [4.78, 5) is 15.6. The molecule has 0 fully saturated rings. The number of benzene rings is 1. The Hall–Kier alpha value is -2.36. The van der Waals surface area contributed by atoms with Crippen molar-refractivity contribution in [2.45, 2.75) is 19.3 Å². The van der Waals surface area contributed by atoms with Crippen molar-refractivity contribution in [1.82, 2.24) is 10.3 Å². The lowest BCUT2D eigenvalue weighted by Crippen LogP contribution is -2.27. The number of hydrogen-bond donors (Lipinski definition) is 2. The lowest BCUT2D eigenvalue weighted by Gasteiger charge is -2.26. The average Bonchev–Trinajstić information content (AvgIpc) is 2.53. The van der Waals surface area contributed by atoms with Gasteiger partial charge in [-0.2, -0.15) is 0 Å². The maximum Gasteiger partial charge on any atom is 0.269 e. The molecule has 0 unspecified atom stereocenters. The number of carbonyl (C=O) groups is 1. The van der Waals surface area contributed by atoms with Crippen LogP contribution in [0.2, 0.25) is 0 Å². The van der Waals surface area contributed by atoms with Crippen LogP contribution in [0.15, 0.2) is 48.7 Å². The first-order valence-electron chi connectivity index (χ1n) is 7.00. The summed E-state index contributed by atoms with van der Waals surface area (Å²) in [7, 11) is 1.60. The van der Waals surface area contributed by atoms with Gasteiger partial charge in [0.25, 0.3) is 5.91 Å². The van der Waals surface area contributed by atoms with E-state index in [1.165, 1.54) is 5.56 Å². The van der Waals surface area contributed by atoms with Gasteiger partial charge in [0.1, 0.15) is 5.69 Å². The van der Waals surface area contributed by atoms with Gasteiger partial charge in [0.05, 0.1) is 0 Å². The van der Waals surface area contributed by atoms with E-state index in [2.05, 4.69) is 41.6 Å². The molecule has 4 nitrogen and oxygen atoms in total. The average molecular weight is 283 g/mol. The monoisotopic (exact) mass is 283 g/mol. The van der Waals surface area contributed by atoms with Gasteiger partial charge < -0.3 is 10.6 Å². The molecule has 0 spiro atoms. The predicted octanol–water partition coefficient (Wildman–Crippen LogP) is 2.83. The Morgan fingerprint density at radius 2 is 1.90 bits per heavy atom. The second-order valence-electron chi connectivity index (χ2n) is 5.61. The lowest BCUT2D eigenvalue weighted by molar-refractivity contribution is 0.0958. The van der Waals surface area contributed by atoms with Crippen molar-refractivity contribution in [1.29, 1.82) is 0 Å². The first kappa shape index (κ1) is 15.0. The topological polar surface area (TPSA) is 54.0 Å². The number of amides is 1. The highest BCUT2D eigenvalue weighted by molar-refractivity contribution is 5.92. The molecule has 2 aromatic rings. The second-order valence-corrected chi connectivity index (χ2v) is 5.61. The van der Waals surface area contributed by atoms with Crippen molar-refractivity contribution in [3.8, 4) is 0 Å². The molecule has 0 bridgehead atoms. The Kier molecular flexibility index (Phi) is 4.58. The Morgan fingerprint density at radius 3 is 2.57 bits per heavy atom. The van der Waals surface area contributed by atoms with Gasteiger partial charge in [0.2, 0.25) is 0 Å². The van der Waals surface area contributed by atoms with Gasteiger partial charge in [0, 0.05) is 30.9 Å². The van der Waals surface area contributed by atoms with Gasteiger partial charge >= 0.3 is 0 Å². The molecule has 1 amide bonds. The summed E-state index contributed by atoms with van der Waals surface area (Å²) in [6, 6.07) is 14.0. The molecule has 0 aliphatic heterocycles. The van der Waals surface area contributed by atoms with Gasteiger partial charge in [-0.1, -0.05) is 44.2 Å². The van der Waals surface area contributed by atoms with Crippen molar-refractivity contribution < 1.29 is 4.79 Å². The zero-order chi connectivity index (χ0) is 15.3. The molecular weight excluding hydrogens is 262 g/mol. The molecule has 0 aliphatic rings. The summed E-state index contributed by atoms with van der Waals surface area (Å²) in [5.41, 5.74) is 2.59. The van der Waals surface area contributed by atoms with Crippen LogP contribution < -0.4 is 10.6 Å². The fraction of sp³-hybridized carbons (Fsp3) is 0.294. The van der Waals surface area contributed by atoms with E-state index in [1.807, 2.05) is 24.3 Å². The van der Waals surface area contributed by atoms with Crippen molar-refractivity contribution in [2.24, 2.45) is 0 Å². The molecule has 4 heteroatoms. The highest BCUT2D eigenvalue weighted by Crippen LogP contribution is 2.23. The number of nitrogens with one attached hydrogen (secondary N) is 2. The van der Waals surface area contributed by atoms with E-state index < -0.39 is 0 Å². The lowest BCUT2D eigenvalue weighted by atomic mass is 9.84. The third-order valence-corrected chi connectivity index (χ3v) is 3.51. The molecule has 21 heavy (non-hydrogen) atoms. The normalized spacial score (nSPS) is 11.0. The van der Waals surface area contributed by atoms with Gasteiger partial charge in [-0.25, -0.2) is 0 Å². The molecule has 0 atom stereocenters. The van der Waals surface area contributed by atoms with Crippen molar-refractivity contribution in [3.05, 3.63) is 59.9 Å². The van der Waals surface area contributed by atoms with Crippen LogP contribution in [0.1, 0.15) is 29.9 Å². The van der Waals surface area contributed by atoms with Crippen LogP contribution in [0.5, 0.6) is 0 Å². The summed E-state index contributed by atoms with van der Waals surface area (Å²) in [6.07, 6.45) is 1.64. The molecular formula is C17H21N3O. The van der Waals surface area contributed by atoms with Crippen LogP contribution >= 0.6 is 0 Å². The van der Waals surface area contributed by atoms with Crippen molar-refractivity contribution in [2.75, 3.05) is 18.9 Å². The van der Waals surface area contributed by atoms with Crippen LogP contribution in [0.4, 0.5) is 5.69 Å². The maximum atomic E-state index is 11.6. The summed E-state index contributed by atoms with van der Waals surface area (Å²) in [6.45, 7) is 5.15. The molecule has 2 N–H and O–H groups in total. The Morgan fingerprint density at radius 1 is 1.19 bits per heavy atom. The maximum absolute atomic E-state index is 11.6. The molecule has 110 valence electrons. The van der Waals surface area contributed by atoms with Crippen LogP contribution in [0, 0.1) is 0 Å². The van der Waals surface area contributed by atoms with Gasteiger partial charge in [-0.15, -0.1) is 0 Å². The highest BCUT2D eigenvalue weighted by Gasteiger charge is 2.20. The number of anilines is 1. The quantitative estimate of drug-likeness (QED) is 0.887. The Bertz CT molecular complexity index is 608. The summed E-state index contributed by atoms with van der Waals surface area (Å²) in [5, 5.41) is 5.96. The molecule has 1 aromatic heterocycles. The minimum Gasteiger partial charge on any atom is -0.384 e. The number of carbonyl (C=O) groups excluding carboxylic acids is 1. The van der Waals surface area contributed by atoms with E-state index in [0.717, 1.165) is 12.2 Å². The molecule has 0 saturated heterocycles. The molecule has 1 heterocycles. The first-order valence-corrected chi connectivity index (χ1v) is 7.00. The number of nitrogens with zero attached hydrogens (tertiary/aromatic N) is 1. The summed E-state index contributed by atoms with van der Waals surface area (Å²) >= 11 is 0. The van der Waals surface area contributed by atoms with Crippen LogP contribution in [-0.2, 0) is 5.41 Å². The van der Waals surface area contributed by atoms with Gasteiger partial charge in [-0.3, -0.25) is 9.78 Å². The number of hydrogen-bond acceptors (Lipinski definition) is 3. The van der Waals surface area contributed by atoms with E-state index >= 15 is 0 Å². The van der Waals surface area contributed by atoms with E-state index in [1.54, 1.807) is 19.3 Å². The predicted molar refractivity (Wildman–Crippen MR) is 85.6 cm³/mol. The number of rotatable bonds is 5. The van der Waals surface area contributed by atoms with E-state index in [0.29, 0.717) is 5.69 Å². The third-order valence-electron chi connectivity index (χ3n) is 3.51.